The Balaban J connectivity index is 1.77. The summed E-state index contributed by atoms with van der Waals surface area (Å²) in [5.74, 6) is 0.139. The molecule has 1 saturated carbocycles. The van der Waals surface area contributed by atoms with Gasteiger partial charge in [0.2, 0.25) is 5.91 Å². The molecular formula is C18H27ClN2O. The van der Waals surface area contributed by atoms with Gasteiger partial charge in [0.25, 0.3) is 0 Å². The standard InChI is InChI=1S/C18H27ClN2O/c1-13-11-14(2)18(16(19)12-13)20-10-9-17(22)21-15-7-5-3-4-6-8-15/h11-12,15,20H,3-10H2,1-2H3,(H,21,22). The van der Waals surface area contributed by atoms with Crippen molar-refractivity contribution in [1.82, 2.24) is 5.32 Å². The van der Waals surface area contributed by atoms with Crippen molar-refractivity contribution in [1.29, 1.82) is 0 Å². The molecule has 0 aromatic heterocycles. The Morgan fingerprint density at radius 3 is 2.50 bits per heavy atom. The smallest absolute Gasteiger partial charge is 0.221 e. The van der Waals surface area contributed by atoms with Crippen molar-refractivity contribution in [3.63, 3.8) is 0 Å². The van der Waals surface area contributed by atoms with E-state index in [4.69, 9.17) is 11.6 Å². The Hall–Kier alpha value is -1.22. The minimum atomic E-state index is 0.139. The molecule has 22 heavy (non-hydrogen) atoms. The number of hydrogen-bond donors (Lipinski definition) is 2. The van der Waals surface area contributed by atoms with Crippen molar-refractivity contribution in [3.8, 4) is 0 Å². The lowest BCUT2D eigenvalue weighted by molar-refractivity contribution is -0.121. The van der Waals surface area contributed by atoms with Crippen LogP contribution in [0, 0.1) is 13.8 Å². The SMILES string of the molecule is Cc1cc(C)c(NCCC(=O)NC2CCCCCC2)c(Cl)c1. The maximum Gasteiger partial charge on any atom is 0.221 e. The molecule has 0 saturated heterocycles. The molecule has 2 rings (SSSR count). The third kappa shape index (κ3) is 5.20. The van der Waals surface area contributed by atoms with Crippen molar-refractivity contribution >= 4 is 23.2 Å². The molecule has 1 aliphatic rings. The van der Waals surface area contributed by atoms with E-state index in [0.29, 0.717) is 19.0 Å². The second-order valence-electron chi connectivity index (χ2n) is 6.37. The first-order valence-electron chi connectivity index (χ1n) is 8.36. The van der Waals surface area contributed by atoms with E-state index in [1.807, 2.05) is 19.9 Å². The van der Waals surface area contributed by atoms with Gasteiger partial charge in [0.05, 0.1) is 10.7 Å². The lowest BCUT2D eigenvalue weighted by atomic mass is 10.1. The van der Waals surface area contributed by atoms with Crippen molar-refractivity contribution < 1.29 is 4.79 Å². The minimum Gasteiger partial charge on any atom is -0.383 e. The third-order valence-corrected chi connectivity index (χ3v) is 4.60. The Labute approximate surface area is 138 Å². The van der Waals surface area contributed by atoms with Crippen molar-refractivity contribution in [2.24, 2.45) is 0 Å². The summed E-state index contributed by atoms with van der Waals surface area (Å²) >= 11 is 6.26. The summed E-state index contributed by atoms with van der Waals surface area (Å²) in [6, 6.07) is 4.42. The third-order valence-electron chi connectivity index (χ3n) is 4.31. The summed E-state index contributed by atoms with van der Waals surface area (Å²) in [7, 11) is 0. The fourth-order valence-electron chi connectivity index (χ4n) is 3.16. The predicted octanol–water partition coefficient (Wildman–Crippen LogP) is 4.60. The topological polar surface area (TPSA) is 41.1 Å². The van der Waals surface area contributed by atoms with Gasteiger partial charge < -0.3 is 10.6 Å². The molecule has 0 aliphatic heterocycles. The molecule has 1 amide bonds. The second-order valence-corrected chi connectivity index (χ2v) is 6.78. The Morgan fingerprint density at radius 1 is 1.18 bits per heavy atom. The number of nitrogens with one attached hydrogen (secondary N) is 2. The molecule has 1 aliphatic carbocycles. The van der Waals surface area contributed by atoms with Crippen LogP contribution < -0.4 is 10.6 Å². The molecule has 0 spiro atoms. The van der Waals surface area contributed by atoms with E-state index in [1.54, 1.807) is 0 Å². The summed E-state index contributed by atoms with van der Waals surface area (Å²) in [5.41, 5.74) is 3.21. The van der Waals surface area contributed by atoms with Crippen LogP contribution in [0.4, 0.5) is 5.69 Å². The normalized spacial score (nSPS) is 16.1. The zero-order chi connectivity index (χ0) is 15.9. The summed E-state index contributed by atoms with van der Waals surface area (Å²) in [4.78, 5) is 12.1. The van der Waals surface area contributed by atoms with Gasteiger partial charge in [-0.25, -0.2) is 0 Å². The fourth-order valence-corrected chi connectivity index (χ4v) is 3.55. The van der Waals surface area contributed by atoms with Gasteiger partial charge in [-0.15, -0.1) is 0 Å². The van der Waals surface area contributed by atoms with E-state index in [-0.39, 0.29) is 5.91 Å². The number of aryl methyl sites for hydroxylation is 2. The number of hydrogen-bond acceptors (Lipinski definition) is 2. The quantitative estimate of drug-likeness (QED) is 0.778. The fraction of sp³-hybridized carbons (Fsp3) is 0.611. The molecule has 1 fully saturated rings. The first kappa shape index (κ1) is 17.1. The Kier molecular flexibility index (Phi) is 6.56. The molecule has 0 heterocycles. The predicted molar refractivity (Wildman–Crippen MR) is 93.7 cm³/mol. The van der Waals surface area contributed by atoms with Crippen LogP contribution in [0.1, 0.15) is 56.1 Å². The van der Waals surface area contributed by atoms with Crippen LogP contribution in [-0.4, -0.2) is 18.5 Å². The monoisotopic (exact) mass is 322 g/mol. The van der Waals surface area contributed by atoms with E-state index in [2.05, 4.69) is 16.7 Å². The molecule has 0 atom stereocenters. The average molecular weight is 323 g/mol. The lowest BCUT2D eigenvalue weighted by Gasteiger charge is -2.17. The van der Waals surface area contributed by atoms with Gasteiger partial charge in [-0.3, -0.25) is 4.79 Å². The molecule has 122 valence electrons. The molecule has 3 nitrogen and oxygen atoms in total. The van der Waals surface area contributed by atoms with Crippen LogP contribution in [0.2, 0.25) is 5.02 Å². The van der Waals surface area contributed by atoms with Crippen LogP contribution in [0.15, 0.2) is 12.1 Å². The molecular weight excluding hydrogens is 296 g/mol. The van der Waals surface area contributed by atoms with Gasteiger partial charge in [-0.1, -0.05) is 43.4 Å². The molecule has 0 unspecified atom stereocenters. The lowest BCUT2D eigenvalue weighted by Crippen LogP contribution is -2.35. The van der Waals surface area contributed by atoms with Gasteiger partial charge in [-0.2, -0.15) is 0 Å². The van der Waals surface area contributed by atoms with Gasteiger partial charge in [0.1, 0.15) is 0 Å². The van der Waals surface area contributed by atoms with Crippen LogP contribution in [-0.2, 0) is 4.79 Å². The number of carbonyl (C=O) groups is 1. The highest BCUT2D eigenvalue weighted by Gasteiger charge is 2.14. The molecule has 2 N–H and O–H groups in total. The molecule has 0 radical (unpaired) electrons. The molecule has 0 bridgehead atoms. The maximum atomic E-state index is 12.1. The van der Waals surface area contributed by atoms with Gasteiger partial charge in [0.15, 0.2) is 0 Å². The molecule has 4 heteroatoms. The van der Waals surface area contributed by atoms with Crippen LogP contribution in [0.5, 0.6) is 0 Å². The highest BCUT2D eigenvalue weighted by molar-refractivity contribution is 6.33. The van der Waals surface area contributed by atoms with Crippen molar-refractivity contribution in [2.45, 2.75) is 64.8 Å². The number of benzene rings is 1. The van der Waals surface area contributed by atoms with Crippen LogP contribution in [0.25, 0.3) is 0 Å². The number of carbonyl (C=O) groups excluding carboxylic acids is 1. The number of halogens is 1. The number of rotatable bonds is 5. The summed E-state index contributed by atoms with van der Waals surface area (Å²) in [5, 5.41) is 7.19. The zero-order valence-corrected chi connectivity index (χ0v) is 14.4. The zero-order valence-electron chi connectivity index (χ0n) is 13.7. The van der Waals surface area contributed by atoms with E-state index in [0.717, 1.165) is 34.7 Å². The molecule has 1 aromatic carbocycles. The first-order chi connectivity index (χ1) is 10.6. The van der Waals surface area contributed by atoms with Crippen LogP contribution in [0.3, 0.4) is 0 Å². The second kappa shape index (κ2) is 8.42. The van der Waals surface area contributed by atoms with E-state index in [9.17, 15) is 4.79 Å². The summed E-state index contributed by atoms with van der Waals surface area (Å²) in [6.07, 6.45) is 7.82. The maximum absolute atomic E-state index is 12.1. The van der Waals surface area contributed by atoms with E-state index in [1.165, 1.54) is 25.7 Å². The number of amides is 1. The first-order valence-corrected chi connectivity index (χ1v) is 8.74. The minimum absolute atomic E-state index is 0.139. The number of anilines is 1. The van der Waals surface area contributed by atoms with Crippen molar-refractivity contribution in [2.75, 3.05) is 11.9 Å². The largest absolute Gasteiger partial charge is 0.383 e. The molecule has 1 aromatic rings. The Morgan fingerprint density at radius 2 is 1.86 bits per heavy atom. The van der Waals surface area contributed by atoms with E-state index < -0.39 is 0 Å². The van der Waals surface area contributed by atoms with Gasteiger partial charge in [0, 0.05) is 19.0 Å². The summed E-state index contributed by atoms with van der Waals surface area (Å²) in [6.45, 7) is 4.68. The summed E-state index contributed by atoms with van der Waals surface area (Å²) < 4.78 is 0. The van der Waals surface area contributed by atoms with Gasteiger partial charge in [-0.05, 0) is 43.9 Å². The van der Waals surface area contributed by atoms with Crippen molar-refractivity contribution in [3.05, 3.63) is 28.3 Å². The van der Waals surface area contributed by atoms with Gasteiger partial charge >= 0.3 is 0 Å². The highest BCUT2D eigenvalue weighted by Crippen LogP contribution is 2.27. The Bertz CT molecular complexity index is 485. The average Bonchev–Trinajstić information content (AvgIpc) is 2.70. The van der Waals surface area contributed by atoms with Crippen LogP contribution >= 0.6 is 11.6 Å². The van der Waals surface area contributed by atoms with E-state index >= 15 is 0 Å². The highest BCUT2D eigenvalue weighted by atomic mass is 35.5.